The minimum atomic E-state index is -0.415. The molecule has 22 heavy (non-hydrogen) atoms. The van der Waals surface area contributed by atoms with Crippen molar-refractivity contribution in [2.45, 2.75) is 6.61 Å². The Kier molecular flexibility index (Phi) is 5.74. The normalized spacial score (nSPS) is 10.1. The van der Waals surface area contributed by atoms with Gasteiger partial charge >= 0.3 is 5.97 Å². The number of esters is 1. The number of hydrogen-bond acceptors (Lipinski definition) is 4. The molecule has 4 nitrogen and oxygen atoms in total. The van der Waals surface area contributed by atoms with Crippen molar-refractivity contribution in [3.63, 3.8) is 0 Å². The zero-order valence-corrected chi connectivity index (χ0v) is 14.8. The summed E-state index contributed by atoms with van der Waals surface area (Å²) < 4.78 is 11.8. The van der Waals surface area contributed by atoms with E-state index in [4.69, 9.17) is 4.74 Å². The Labute approximate surface area is 144 Å². The second kappa shape index (κ2) is 7.56. The molecule has 0 spiro atoms. The molecular formula is C16H12Br2O4. The maximum Gasteiger partial charge on any atom is 0.337 e. The molecule has 0 aliphatic heterocycles. The number of carbonyl (C=O) groups is 2. The van der Waals surface area contributed by atoms with E-state index in [1.807, 2.05) is 6.07 Å². The molecule has 0 saturated carbocycles. The topological polar surface area (TPSA) is 52.6 Å². The van der Waals surface area contributed by atoms with Crippen LogP contribution < -0.4 is 4.74 Å². The minimum absolute atomic E-state index is 0.228. The Morgan fingerprint density at radius 1 is 1.18 bits per heavy atom. The molecule has 0 N–H and O–H groups in total. The van der Waals surface area contributed by atoms with Gasteiger partial charge in [0, 0.05) is 15.6 Å². The fraction of sp³-hybridized carbons (Fsp3) is 0.125. The highest BCUT2D eigenvalue weighted by Gasteiger charge is 2.11. The van der Waals surface area contributed by atoms with Crippen LogP contribution in [0.4, 0.5) is 0 Å². The molecule has 0 aromatic heterocycles. The van der Waals surface area contributed by atoms with E-state index in [1.54, 1.807) is 30.3 Å². The van der Waals surface area contributed by atoms with Crippen LogP contribution in [0.5, 0.6) is 5.75 Å². The van der Waals surface area contributed by atoms with Crippen molar-refractivity contribution in [3.05, 3.63) is 62.0 Å². The Balaban J connectivity index is 2.19. The zero-order chi connectivity index (χ0) is 16.1. The van der Waals surface area contributed by atoms with Gasteiger partial charge in [0.05, 0.1) is 17.1 Å². The van der Waals surface area contributed by atoms with E-state index in [-0.39, 0.29) is 6.61 Å². The summed E-state index contributed by atoms with van der Waals surface area (Å²) in [4.78, 5) is 22.5. The largest absolute Gasteiger partial charge is 0.488 e. The number of ether oxygens (including phenoxy) is 2. The van der Waals surface area contributed by atoms with E-state index < -0.39 is 5.97 Å². The van der Waals surface area contributed by atoms with Crippen LogP contribution >= 0.6 is 31.9 Å². The molecule has 0 amide bonds. The van der Waals surface area contributed by atoms with Crippen LogP contribution in [0.25, 0.3) is 0 Å². The number of rotatable bonds is 5. The van der Waals surface area contributed by atoms with Gasteiger partial charge in [-0.2, -0.15) is 0 Å². The molecule has 0 aliphatic carbocycles. The second-order valence-electron chi connectivity index (χ2n) is 4.35. The van der Waals surface area contributed by atoms with Crippen LogP contribution in [0, 0.1) is 0 Å². The third-order valence-electron chi connectivity index (χ3n) is 3.01. The van der Waals surface area contributed by atoms with Gasteiger partial charge in [-0.15, -0.1) is 0 Å². The molecule has 2 aromatic rings. The Morgan fingerprint density at radius 3 is 2.59 bits per heavy atom. The van der Waals surface area contributed by atoms with Gasteiger partial charge in [-0.1, -0.05) is 28.1 Å². The summed E-state index contributed by atoms with van der Waals surface area (Å²) in [5.74, 6) is 0.154. The van der Waals surface area contributed by atoms with Crippen LogP contribution in [0.3, 0.4) is 0 Å². The second-order valence-corrected chi connectivity index (χ2v) is 6.06. The number of aldehydes is 1. The van der Waals surface area contributed by atoms with E-state index in [0.29, 0.717) is 21.3 Å². The smallest absolute Gasteiger partial charge is 0.337 e. The van der Waals surface area contributed by atoms with E-state index in [0.717, 1.165) is 16.3 Å². The van der Waals surface area contributed by atoms with Crippen molar-refractivity contribution < 1.29 is 19.1 Å². The first-order valence-corrected chi connectivity index (χ1v) is 7.88. The molecule has 2 rings (SSSR count). The molecular weight excluding hydrogens is 416 g/mol. The van der Waals surface area contributed by atoms with Gasteiger partial charge < -0.3 is 9.47 Å². The molecule has 0 saturated heterocycles. The van der Waals surface area contributed by atoms with Crippen LogP contribution in [0.2, 0.25) is 0 Å². The standard InChI is InChI=1S/C16H12Br2O4/c1-21-16(20)10-5-6-15(14(18)7-10)22-9-12-11(8-19)3-2-4-13(12)17/h2-8H,9H2,1H3. The fourth-order valence-electron chi connectivity index (χ4n) is 1.85. The molecule has 114 valence electrons. The summed E-state index contributed by atoms with van der Waals surface area (Å²) in [6.45, 7) is 0.228. The first-order chi connectivity index (χ1) is 10.6. The number of carbonyl (C=O) groups excluding carboxylic acids is 2. The molecule has 0 unspecified atom stereocenters. The van der Waals surface area contributed by atoms with Crippen molar-refractivity contribution in [1.29, 1.82) is 0 Å². The Morgan fingerprint density at radius 2 is 1.95 bits per heavy atom. The van der Waals surface area contributed by atoms with Crippen LogP contribution in [-0.4, -0.2) is 19.4 Å². The van der Waals surface area contributed by atoms with Gasteiger partial charge in [0.25, 0.3) is 0 Å². The van der Waals surface area contributed by atoms with Gasteiger partial charge in [0.15, 0.2) is 0 Å². The lowest BCUT2D eigenvalue weighted by molar-refractivity contribution is 0.0600. The average Bonchev–Trinajstić information content (AvgIpc) is 2.53. The summed E-state index contributed by atoms with van der Waals surface area (Å²) in [5, 5.41) is 0. The maximum absolute atomic E-state index is 11.5. The highest BCUT2D eigenvalue weighted by atomic mass is 79.9. The Hall–Kier alpha value is -1.66. The minimum Gasteiger partial charge on any atom is -0.488 e. The van der Waals surface area contributed by atoms with Crippen molar-refractivity contribution in [2.75, 3.05) is 7.11 Å². The van der Waals surface area contributed by atoms with E-state index in [9.17, 15) is 9.59 Å². The zero-order valence-electron chi connectivity index (χ0n) is 11.6. The summed E-state index contributed by atoms with van der Waals surface area (Å²) in [7, 11) is 1.33. The van der Waals surface area contributed by atoms with E-state index >= 15 is 0 Å². The summed E-state index contributed by atoms with van der Waals surface area (Å²) in [5.41, 5.74) is 1.76. The predicted octanol–water partition coefficient (Wildman–Crippen LogP) is 4.39. The highest BCUT2D eigenvalue weighted by Crippen LogP contribution is 2.28. The molecule has 0 fully saturated rings. The first kappa shape index (κ1) is 16.7. The first-order valence-electron chi connectivity index (χ1n) is 6.30. The third kappa shape index (κ3) is 3.75. The van der Waals surface area contributed by atoms with Gasteiger partial charge in [0.1, 0.15) is 18.6 Å². The lowest BCUT2D eigenvalue weighted by Gasteiger charge is -2.12. The lowest BCUT2D eigenvalue weighted by atomic mass is 10.1. The van der Waals surface area contributed by atoms with E-state index in [1.165, 1.54) is 7.11 Å². The van der Waals surface area contributed by atoms with Gasteiger partial charge in [0.2, 0.25) is 0 Å². The van der Waals surface area contributed by atoms with Crippen LogP contribution in [0.1, 0.15) is 26.3 Å². The molecule has 0 heterocycles. The molecule has 0 radical (unpaired) electrons. The average molecular weight is 428 g/mol. The van der Waals surface area contributed by atoms with Crippen molar-refractivity contribution in [2.24, 2.45) is 0 Å². The summed E-state index contributed by atoms with van der Waals surface area (Å²) in [6.07, 6.45) is 0.791. The number of methoxy groups -OCH3 is 1. The quantitative estimate of drug-likeness (QED) is 0.524. The van der Waals surface area contributed by atoms with Crippen molar-refractivity contribution in [3.8, 4) is 5.75 Å². The summed E-state index contributed by atoms with van der Waals surface area (Å²) >= 11 is 6.77. The van der Waals surface area contributed by atoms with Crippen molar-refractivity contribution >= 4 is 44.1 Å². The molecule has 0 atom stereocenters. The maximum atomic E-state index is 11.5. The van der Waals surface area contributed by atoms with Crippen LogP contribution in [-0.2, 0) is 11.3 Å². The number of benzene rings is 2. The number of hydrogen-bond donors (Lipinski definition) is 0. The van der Waals surface area contributed by atoms with Gasteiger partial charge in [-0.3, -0.25) is 4.79 Å². The Bertz CT molecular complexity index is 713. The number of halogens is 2. The van der Waals surface area contributed by atoms with Gasteiger partial charge in [-0.25, -0.2) is 4.79 Å². The molecule has 6 heteroatoms. The van der Waals surface area contributed by atoms with E-state index in [2.05, 4.69) is 36.6 Å². The lowest BCUT2D eigenvalue weighted by Crippen LogP contribution is -2.03. The van der Waals surface area contributed by atoms with Crippen molar-refractivity contribution in [1.82, 2.24) is 0 Å². The third-order valence-corrected chi connectivity index (χ3v) is 4.37. The predicted molar refractivity (Wildman–Crippen MR) is 89.3 cm³/mol. The fourth-order valence-corrected chi connectivity index (χ4v) is 2.84. The molecule has 0 bridgehead atoms. The van der Waals surface area contributed by atoms with Crippen LogP contribution in [0.15, 0.2) is 45.3 Å². The van der Waals surface area contributed by atoms with Gasteiger partial charge in [-0.05, 0) is 40.2 Å². The molecule has 0 aliphatic rings. The summed E-state index contributed by atoms with van der Waals surface area (Å²) in [6, 6.07) is 10.3. The monoisotopic (exact) mass is 426 g/mol. The highest BCUT2D eigenvalue weighted by molar-refractivity contribution is 9.10. The molecule has 2 aromatic carbocycles. The SMILES string of the molecule is COC(=O)c1ccc(OCc2c(Br)cccc2C=O)c(Br)c1.